The minimum Gasteiger partial charge on any atom is -0.484 e. The third-order valence-electron chi connectivity index (χ3n) is 4.99. The summed E-state index contributed by atoms with van der Waals surface area (Å²) in [6.45, 7) is -0.112. The van der Waals surface area contributed by atoms with E-state index in [4.69, 9.17) is 4.74 Å². The highest BCUT2D eigenvalue weighted by molar-refractivity contribution is 7.91. The molecule has 3 aromatic rings. The van der Waals surface area contributed by atoms with Crippen molar-refractivity contribution in [1.82, 2.24) is 9.88 Å². The van der Waals surface area contributed by atoms with Gasteiger partial charge in [-0.15, -0.1) is 0 Å². The largest absolute Gasteiger partial charge is 0.484 e. The van der Waals surface area contributed by atoms with Crippen LogP contribution < -0.4 is 4.74 Å². The maximum atomic E-state index is 12.3. The van der Waals surface area contributed by atoms with Gasteiger partial charge in [0.15, 0.2) is 16.4 Å². The third-order valence-corrected chi connectivity index (χ3v) is 6.74. The van der Waals surface area contributed by atoms with Gasteiger partial charge >= 0.3 is 0 Å². The normalized spacial score (nSPS) is 19.0. The van der Waals surface area contributed by atoms with E-state index < -0.39 is 9.84 Å². The summed E-state index contributed by atoms with van der Waals surface area (Å²) in [5.41, 5.74) is 2.00. The maximum Gasteiger partial charge on any atom is 0.260 e. The Morgan fingerprint density at radius 3 is 2.73 bits per heavy atom. The fraction of sp³-hybridized carbons (Fsp3) is 0.316. The van der Waals surface area contributed by atoms with Crippen molar-refractivity contribution in [3.8, 4) is 5.75 Å². The number of rotatable bonds is 4. The Morgan fingerprint density at radius 1 is 1.19 bits per heavy atom. The third kappa shape index (κ3) is 3.14. The van der Waals surface area contributed by atoms with Crippen LogP contribution in [0.15, 0.2) is 42.5 Å². The van der Waals surface area contributed by atoms with E-state index in [0.29, 0.717) is 12.2 Å². The molecule has 4 rings (SSSR count). The predicted molar refractivity (Wildman–Crippen MR) is 101 cm³/mol. The highest BCUT2D eigenvalue weighted by Gasteiger charge is 2.32. The van der Waals surface area contributed by atoms with Crippen molar-refractivity contribution in [2.75, 3.05) is 25.2 Å². The second kappa shape index (κ2) is 6.32. The van der Waals surface area contributed by atoms with Crippen LogP contribution in [-0.2, 0) is 14.6 Å². The number of hydrogen-bond acceptors (Lipinski definition) is 4. The van der Waals surface area contributed by atoms with E-state index in [1.54, 1.807) is 7.05 Å². The van der Waals surface area contributed by atoms with Gasteiger partial charge in [-0.25, -0.2) is 8.42 Å². The first-order chi connectivity index (χ1) is 12.4. The van der Waals surface area contributed by atoms with Gasteiger partial charge in [-0.3, -0.25) is 4.79 Å². The number of hydrogen-bond donors (Lipinski definition) is 1. The lowest BCUT2D eigenvalue weighted by Gasteiger charge is -2.23. The quantitative estimate of drug-likeness (QED) is 0.762. The number of ether oxygens (including phenoxy) is 1. The number of nitrogens with zero attached hydrogens (tertiary/aromatic N) is 1. The van der Waals surface area contributed by atoms with Crippen LogP contribution in [-0.4, -0.2) is 55.4 Å². The number of carbonyl (C=O) groups excluding carboxylic acids is 1. The Bertz CT molecular complexity index is 1090. The van der Waals surface area contributed by atoms with Crippen molar-refractivity contribution < 1.29 is 17.9 Å². The highest BCUT2D eigenvalue weighted by atomic mass is 32.2. The summed E-state index contributed by atoms with van der Waals surface area (Å²) < 4.78 is 28.8. The second-order valence-corrected chi connectivity index (χ2v) is 8.96. The molecular formula is C19H20N2O4S. The van der Waals surface area contributed by atoms with E-state index in [1.807, 2.05) is 36.4 Å². The first-order valence-corrected chi connectivity index (χ1v) is 10.3. The summed E-state index contributed by atoms with van der Waals surface area (Å²) in [6.07, 6.45) is 0.492. The van der Waals surface area contributed by atoms with Gasteiger partial charge in [0, 0.05) is 35.4 Å². The first-order valence-electron chi connectivity index (χ1n) is 8.52. The molecule has 0 unspecified atom stereocenters. The fourth-order valence-corrected chi connectivity index (χ4v) is 5.23. The van der Waals surface area contributed by atoms with Gasteiger partial charge in [0.05, 0.1) is 17.0 Å². The van der Waals surface area contributed by atoms with Crippen LogP contribution >= 0.6 is 0 Å². The Labute approximate surface area is 151 Å². The number of amides is 1. The van der Waals surface area contributed by atoms with E-state index in [0.717, 1.165) is 21.8 Å². The maximum absolute atomic E-state index is 12.3. The molecular weight excluding hydrogens is 352 g/mol. The average molecular weight is 372 g/mol. The van der Waals surface area contributed by atoms with Gasteiger partial charge in [0.2, 0.25) is 0 Å². The summed E-state index contributed by atoms with van der Waals surface area (Å²) in [5, 5.41) is 2.25. The Hall–Kier alpha value is -2.54. The fourth-order valence-electron chi connectivity index (χ4n) is 3.45. The van der Waals surface area contributed by atoms with Crippen LogP contribution in [0.2, 0.25) is 0 Å². The Balaban J connectivity index is 1.45. The molecule has 1 atom stereocenters. The molecule has 1 aromatic heterocycles. The van der Waals surface area contributed by atoms with Gasteiger partial charge < -0.3 is 14.6 Å². The summed E-state index contributed by atoms with van der Waals surface area (Å²) in [6, 6.07) is 13.5. The van der Waals surface area contributed by atoms with Gasteiger partial charge in [-0.1, -0.05) is 18.2 Å². The van der Waals surface area contributed by atoms with Gasteiger partial charge in [-0.05, 0) is 24.6 Å². The van der Waals surface area contributed by atoms with Crippen LogP contribution in [0, 0.1) is 0 Å². The molecule has 1 aliphatic rings. The van der Waals surface area contributed by atoms with Crippen molar-refractivity contribution in [3.05, 3.63) is 42.5 Å². The monoisotopic (exact) mass is 372 g/mol. The molecule has 6 nitrogen and oxygen atoms in total. The number of aromatic nitrogens is 1. The molecule has 0 aliphatic carbocycles. The Kier molecular flexibility index (Phi) is 4.11. The smallest absolute Gasteiger partial charge is 0.260 e. The zero-order chi connectivity index (χ0) is 18.3. The average Bonchev–Trinajstić information content (AvgIpc) is 3.18. The summed E-state index contributed by atoms with van der Waals surface area (Å²) in [5.74, 6) is 0.567. The van der Waals surface area contributed by atoms with Crippen LogP contribution in [0.4, 0.5) is 0 Å². The van der Waals surface area contributed by atoms with E-state index in [9.17, 15) is 13.2 Å². The van der Waals surface area contributed by atoms with Crippen LogP contribution in [0.5, 0.6) is 5.75 Å². The van der Waals surface area contributed by atoms with E-state index in [2.05, 4.69) is 11.1 Å². The SMILES string of the molecule is CN(C(=O)COc1ccc2c(c1)[nH]c1ccccc12)[C@H]1CCS(=O)(=O)C1. The molecule has 0 bridgehead atoms. The zero-order valence-corrected chi connectivity index (χ0v) is 15.3. The molecule has 7 heteroatoms. The van der Waals surface area contributed by atoms with Gasteiger partial charge in [0.25, 0.3) is 5.91 Å². The number of H-pyrrole nitrogens is 1. The van der Waals surface area contributed by atoms with Crippen molar-refractivity contribution in [2.45, 2.75) is 12.5 Å². The topological polar surface area (TPSA) is 79.5 Å². The number of aromatic amines is 1. The van der Waals surface area contributed by atoms with Crippen LogP contribution in [0.3, 0.4) is 0 Å². The molecule has 26 heavy (non-hydrogen) atoms. The van der Waals surface area contributed by atoms with Crippen molar-refractivity contribution in [3.63, 3.8) is 0 Å². The van der Waals surface area contributed by atoms with Gasteiger partial charge in [0.1, 0.15) is 5.75 Å². The highest BCUT2D eigenvalue weighted by Crippen LogP contribution is 2.28. The molecule has 1 amide bonds. The van der Waals surface area contributed by atoms with Gasteiger partial charge in [-0.2, -0.15) is 0 Å². The minimum absolute atomic E-state index is 0.0380. The number of benzene rings is 2. The molecule has 1 aliphatic heterocycles. The molecule has 2 heterocycles. The predicted octanol–water partition coefficient (Wildman–Crippen LogP) is 2.35. The summed E-state index contributed by atoms with van der Waals surface area (Å²) >= 11 is 0. The van der Waals surface area contributed by atoms with E-state index >= 15 is 0 Å². The number of likely N-dealkylation sites (N-methyl/N-ethyl adjacent to an activating group) is 1. The van der Waals surface area contributed by atoms with Crippen molar-refractivity contribution >= 4 is 37.6 Å². The molecule has 1 N–H and O–H groups in total. The van der Waals surface area contributed by atoms with Crippen LogP contribution in [0.1, 0.15) is 6.42 Å². The lowest BCUT2D eigenvalue weighted by atomic mass is 10.1. The molecule has 0 radical (unpaired) electrons. The molecule has 136 valence electrons. The molecule has 1 saturated heterocycles. The number of carbonyl (C=O) groups is 1. The lowest BCUT2D eigenvalue weighted by molar-refractivity contribution is -0.133. The minimum atomic E-state index is -3.02. The first kappa shape index (κ1) is 16.9. The van der Waals surface area contributed by atoms with Crippen molar-refractivity contribution in [2.24, 2.45) is 0 Å². The summed E-state index contributed by atoms with van der Waals surface area (Å²) in [4.78, 5) is 17.1. The van der Waals surface area contributed by atoms with Crippen molar-refractivity contribution in [1.29, 1.82) is 0 Å². The number of para-hydroxylation sites is 1. The number of sulfone groups is 1. The second-order valence-electron chi connectivity index (χ2n) is 6.73. The number of fused-ring (bicyclic) bond motifs is 3. The lowest BCUT2D eigenvalue weighted by Crippen LogP contribution is -2.40. The molecule has 1 fully saturated rings. The molecule has 0 spiro atoms. The van der Waals surface area contributed by atoms with E-state index in [-0.39, 0.29) is 30.1 Å². The molecule has 2 aromatic carbocycles. The standard InChI is InChI=1S/C19H20N2O4S/c1-21(13-8-9-26(23,24)12-13)19(22)11-25-14-6-7-16-15-4-2-3-5-17(15)20-18(16)10-14/h2-7,10,13,20H,8-9,11-12H2,1H3/t13-/m0/s1. The molecule has 0 saturated carbocycles. The zero-order valence-electron chi connectivity index (χ0n) is 14.4. The van der Waals surface area contributed by atoms with E-state index in [1.165, 1.54) is 4.90 Å². The summed E-state index contributed by atoms with van der Waals surface area (Å²) in [7, 11) is -1.38. The van der Waals surface area contributed by atoms with Crippen LogP contribution in [0.25, 0.3) is 21.8 Å². The Morgan fingerprint density at radius 2 is 1.96 bits per heavy atom. The number of nitrogens with one attached hydrogen (secondary N) is 1.